The quantitative estimate of drug-likeness (QED) is 0.411. The molecule has 1 atom stereocenters. The first-order chi connectivity index (χ1) is 14.6. The fraction of sp³-hybridized carbons (Fsp3) is 0.364. The van der Waals surface area contributed by atoms with Crippen molar-refractivity contribution in [3.8, 4) is 0 Å². The zero-order valence-electron chi connectivity index (χ0n) is 17.4. The Hall–Kier alpha value is -1.11. The van der Waals surface area contributed by atoms with E-state index in [0.717, 1.165) is 11.1 Å². The van der Waals surface area contributed by atoms with Crippen molar-refractivity contribution < 1.29 is 9.59 Å². The lowest BCUT2D eigenvalue weighted by Gasteiger charge is -2.29. The van der Waals surface area contributed by atoms with Crippen molar-refractivity contribution in [1.29, 1.82) is 0 Å². The SMILES string of the molecule is CC(C)NC(=O)C(C)N(Cc1ccc(Cl)c(Cl)c1)C(=O)CSCc1ccc(Cl)c(Cl)c1. The van der Waals surface area contributed by atoms with Crippen LogP contribution in [-0.4, -0.2) is 34.6 Å². The van der Waals surface area contributed by atoms with Gasteiger partial charge in [0, 0.05) is 18.3 Å². The fourth-order valence-electron chi connectivity index (χ4n) is 2.79. The molecule has 0 aliphatic carbocycles. The van der Waals surface area contributed by atoms with E-state index in [1.54, 1.807) is 42.2 Å². The van der Waals surface area contributed by atoms with E-state index in [0.29, 0.717) is 25.8 Å². The maximum atomic E-state index is 13.1. The first-order valence-electron chi connectivity index (χ1n) is 9.64. The minimum atomic E-state index is -0.644. The van der Waals surface area contributed by atoms with Gasteiger partial charge in [0.1, 0.15) is 6.04 Å². The van der Waals surface area contributed by atoms with Crippen LogP contribution in [-0.2, 0) is 21.9 Å². The van der Waals surface area contributed by atoms with Gasteiger partial charge in [-0.15, -0.1) is 11.8 Å². The number of halogens is 4. The fourth-order valence-corrected chi connectivity index (χ4v) is 4.29. The molecule has 0 heterocycles. The molecule has 0 aliphatic heterocycles. The summed E-state index contributed by atoms with van der Waals surface area (Å²) >= 11 is 25.6. The third-order valence-corrected chi connectivity index (χ3v) is 6.88. The molecule has 168 valence electrons. The lowest BCUT2D eigenvalue weighted by atomic mass is 10.1. The molecule has 2 amide bonds. The van der Waals surface area contributed by atoms with Crippen molar-refractivity contribution >= 4 is 70.0 Å². The average Bonchev–Trinajstić information content (AvgIpc) is 2.70. The predicted octanol–water partition coefficient (Wildman–Crippen LogP) is 6.48. The van der Waals surface area contributed by atoms with Gasteiger partial charge in [-0.2, -0.15) is 0 Å². The van der Waals surface area contributed by atoms with Gasteiger partial charge in [-0.1, -0.05) is 58.5 Å². The van der Waals surface area contributed by atoms with Gasteiger partial charge in [-0.3, -0.25) is 9.59 Å². The van der Waals surface area contributed by atoms with Crippen molar-refractivity contribution in [3.05, 3.63) is 67.6 Å². The second-order valence-corrected chi connectivity index (χ2v) is 9.97. The summed E-state index contributed by atoms with van der Waals surface area (Å²) in [5, 5.41) is 4.67. The highest BCUT2D eigenvalue weighted by molar-refractivity contribution is 7.99. The Morgan fingerprint density at radius 1 is 0.903 bits per heavy atom. The molecule has 0 aliphatic rings. The number of hydrogen-bond donors (Lipinski definition) is 1. The molecule has 9 heteroatoms. The number of benzene rings is 2. The lowest BCUT2D eigenvalue weighted by molar-refractivity contribution is -0.138. The van der Waals surface area contributed by atoms with Gasteiger partial charge in [0.25, 0.3) is 0 Å². The number of hydrogen-bond acceptors (Lipinski definition) is 3. The summed E-state index contributed by atoms with van der Waals surface area (Å²) in [7, 11) is 0. The van der Waals surface area contributed by atoms with Crippen LogP contribution in [0.5, 0.6) is 0 Å². The summed E-state index contributed by atoms with van der Waals surface area (Å²) in [5.74, 6) is 0.442. The molecule has 4 nitrogen and oxygen atoms in total. The molecule has 2 aromatic rings. The zero-order chi connectivity index (χ0) is 23.1. The third-order valence-electron chi connectivity index (χ3n) is 4.41. The Bertz CT molecular complexity index is 940. The van der Waals surface area contributed by atoms with Crippen molar-refractivity contribution in [2.24, 2.45) is 0 Å². The molecule has 31 heavy (non-hydrogen) atoms. The largest absolute Gasteiger partial charge is 0.352 e. The number of carbonyl (C=O) groups is 2. The summed E-state index contributed by atoms with van der Waals surface area (Å²) in [6, 6.07) is 9.91. The summed E-state index contributed by atoms with van der Waals surface area (Å²) in [6.07, 6.45) is 0. The number of thioether (sulfide) groups is 1. The van der Waals surface area contributed by atoms with E-state index < -0.39 is 6.04 Å². The highest BCUT2D eigenvalue weighted by Crippen LogP contribution is 2.26. The maximum absolute atomic E-state index is 13.1. The number of nitrogens with one attached hydrogen (secondary N) is 1. The molecule has 0 fully saturated rings. The second kappa shape index (κ2) is 12.2. The Kier molecular flexibility index (Phi) is 10.3. The van der Waals surface area contributed by atoms with Crippen molar-refractivity contribution in [2.45, 2.75) is 45.2 Å². The molecule has 0 aromatic heterocycles. The highest BCUT2D eigenvalue weighted by atomic mass is 35.5. The zero-order valence-corrected chi connectivity index (χ0v) is 21.3. The lowest BCUT2D eigenvalue weighted by Crippen LogP contribution is -2.49. The molecule has 0 spiro atoms. The van der Waals surface area contributed by atoms with Crippen LogP contribution in [0.4, 0.5) is 0 Å². The van der Waals surface area contributed by atoms with Gasteiger partial charge in [-0.25, -0.2) is 0 Å². The van der Waals surface area contributed by atoms with Crippen LogP contribution in [0, 0.1) is 0 Å². The Morgan fingerprint density at radius 3 is 2.00 bits per heavy atom. The van der Waals surface area contributed by atoms with Crippen molar-refractivity contribution in [2.75, 3.05) is 5.75 Å². The van der Waals surface area contributed by atoms with Crippen LogP contribution in [0.2, 0.25) is 20.1 Å². The second-order valence-electron chi connectivity index (χ2n) is 7.35. The number of rotatable bonds is 9. The monoisotopic (exact) mass is 520 g/mol. The van der Waals surface area contributed by atoms with E-state index in [2.05, 4.69) is 5.32 Å². The van der Waals surface area contributed by atoms with E-state index in [-0.39, 0.29) is 30.2 Å². The van der Waals surface area contributed by atoms with Crippen molar-refractivity contribution in [1.82, 2.24) is 10.2 Å². The molecule has 0 radical (unpaired) electrons. The van der Waals surface area contributed by atoms with Crippen LogP contribution >= 0.6 is 58.2 Å². The molecule has 2 aromatic carbocycles. The van der Waals surface area contributed by atoms with Crippen LogP contribution in [0.3, 0.4) is 0 Å². The molecule has 1 unspecified atom stereocenters. The van der Waals surface area contributed by atoms with Crippen LogP contribution in [0.15, 0.2) is 36.4 Å². The van der Waals surface area contributed by atoms with Crippen LogP contribution < -0.4 is 5.32 Å². The van der Waals surface area contributed by atoms with E-state index in [1.807, 2.05) is 19.9 Å². The molecular weight excluding hydrogens is 498 g/mol. The third kappa shape index (κ3) is 8.07. The van der Waals surface area contributed by atoms with Gasteiger partial charge in [0.2, 0.25) is 11.8 Å². The van der Waals surface area contributed by atoms with Crippen LogP contribution in [0.1, 0.15) is 31.9 Å². The Balaban J connectivity index is 2.11. The number of carbonyl (C=O) groups excluding carboxylic acids is 2. The smallest absolute Gasteiger partial charge is 0.242 e. The average molecular weight is 522 g/mol. The molecule has 0 bridgehead atoms. The van der Waals surface area contributed by atoms with Gasteiger partial charge in [0.05, 0.1) is 25.8 Å². The summed E-state index contributed by atoms with van der Waals surface area (Å²) < 4.78 is 0. The predicted molar refractivity (Wildman–Crippen MR) is 132 cm³/mol. The van der Waals surface area contributed by atoms with Gasteiger partial charge < -0.3 is 10.2 Å². The highest BCUT2D eigenvalue weighted by Gasteiger charge is 2.26. The van der Waals surface area contributed by atoms with E-state index in [9.17, 15) is 9.59 Å². The van der Waals surface area contributed by atoms with E-state index in [4.69, 9.17) is 46.4 Å². The first kappa shape index (κ1) is 26.1. The summed E-state index contributed by atoms with van der Waals surface area (Å²) in [6.45, 7) is 5.72. The number of nitrogens with zero attached hydrogens (tertiary/aromatic N) is 1. The molecule has 0 saturated carbocycles. The molecule has 2 rings (SSSR count). The molecular formula is C22H24Cl4N2O2S. The Labute approximate surface area is 207 Å². The molecule has 1 N–H and O–H groups in total. The van der Waals surface area contributed by atoms with E-state index >= 15 is 0 Å². The maximum Gasteiger partial charge on any atom is 0.242 e. The number of amides is 2. The summed E-state index contributed by atoms with van der Waals surface area (Å²) in [4.78, 5) is 27.2. The standard InChI is InChI=1S/C22H24Cl4N2O2S/c1-13(2)27-22(30)14(3)28(10-15-4-6-17(23)19(25)8-15)21(29)12-31-11-16-5-7-18(24)20(26)9-16/h4-9,13-14H,10-12H2,1-3H3,(H,27,30). The molecule has 0 saturated heterocycles. The summed E-state index contributed by atoms with van der Waals surface area (Å²) in [5.41, 5.74) is 1.76. The normalized spacial score (nSPS) is 12.0. The Morgan fingerprint density at radius 2 is 1.45 bits per heavy atom. The minimum absolute atomic E-state index is 0.0269. The van der Waals surface area contributed by atoms with Gasteiger partial charge >= 0.3 is 0 Å². The minimum Gasteiger partial charge on any atom is -0.352 e. The van der Waals surface area contributed by atoms with Crippen molar-refractivity contribution in [3.63, 3.8) is 0 Å². The first-order valence-corrected chi connectivity index (χ1v) is 12.3. The topological polar surface area (TPSA) is 49.4 Å². The van der Waals surface area contributed by atoms with Gasteiger partial charge in [-0.05, 0) is 56.2 Å². The van der Waals surface area contributed by atoms with E-state index in [1.165, 1.54) is 11.8 Å². The van der Waals surface area contributed by atoms with Crippen LogP contribution in [0.25, 0.3) is 0 Å². The van der Waals surface area contributed by atoms with Gasteiger partial charge in [0.15, 0.2) is 0 Å².